The van der Waals surface area contributed by atoms with Crippen LogP contribution in [0, 0.1) is 6.92 Å². The molecule has 104 valence electrons. The maximum atomic E-state index is 5.78. The minimum Gasteiger partial charge on any atom is -0.486 e. The molecule has 4 heteroatoms. The van der Waals surface area contributed by atoms with E-state index in [0.717, 1.165) is 42.2 Å². The van der Waals surface area contributed by atoms with Gasteiger partial charge in [-0.25, -0.2) is 9.97 Å². The first-order valence-electron chi connectivity index (χ1n) is 7.03. The minimum absolute atomic E-state index is 0.392. The predicted molar refractivity (Wildman–Crippen MR) is 77.5 cm³/mol. The standard InChI is InChI=1S/C16H19N3O/c1-11-5-7-12(8-6-11)20-10-16-18-14-4-2-3-13(14)15(9-17)19-16/h5-8H,2-4,9-10,17H2,1H3. The quantitative estimate of drug-likeness (QED) is 0.925. The van der Waals surface area contributed by atoms with Crippen molar-refractivity contribution in [1.82, 2.24) is 9.97 Å². The molecule has 0 fully saturated rings. The Morgan fingerprint density at radius 3 is 2.70 bits per heavy atom. The summed E-state index contributed by atoms with van der Waals surface area (Å²) in [5, 5.41) is 0. The molecular formula is C16H19N3O. The number of rotatable bonds is 4. The second-order valence-corrected chi connectivity index (χ2v) is 5.17. The van der Waals surface area contributed by atoms with E-state index < -0.39 is 0 Å². The van der Waals surface area contributed by atoms with E-state index in [9.17, 15) is 0 Å². The lowest BCUT2D eigenvalue weighted by Crippen LogP contribution is -2.11. The lowest BCUT2D eigenvalue weighted by atomic mass is 10.2. The largest absolute Gasteiger partial charge is 0.486 e. The zero-order valence-electron chi connectivity index (χ0n) is 11.7. The van der Waals surface area contributed by atoms with Crippen molar-refractivity contribution in [1.29, 1.82) is 0 Å². The molecule has 0 aliphatic heterocycles. The number of benzene rings is 1. The summed E-state index contributed by atoms with van der Waals surface area (Å²) in [6, 6.07) is 7.99. The van der Waals surface area contributed by atoms with E-state index >= 15 is 0 Å². The molecule has 0 saturated heterocycles. The Kier molecular flexibility index (Phi) is 3.65. The summed E-state index contributed by atoms with van der Waals surface area (Å²) in [6.45, 7) is 2.92. The normalized spacial score (nSPS) is 13.3. The predicted octanol–water partition coefficient (Wildman–Crippen LogP) is 2.31. The Balaban J connectivity index is 1.76. The highest BCUT2D eigenvalue weighted by Crippen LogP contribution is 2.23. The van der Waals surface area contributed by atoms with Crippen molar-refractivity contribution >= 4 is 0 Å². The molecule has 0 spiro atoms. The van der Waals surface area contributed by atoms with E-state index in [1.54, 1.807) is 0 Å². The molecule has 1 heterocycles. The van der Waals surface area contributed by atoms with Crippen LogP contribution in [0.5, 0.6) is 5.75 Å². The van der Waals surface area contributed by atoms with Gasteiger partial charge in [0, 0.05) is 12.2 Å². The van der Waals surface area contributed by atoms with Gasteiger partial charge in [0.15, 0.2) is 5.82 Å². The van der Waals surface area contributed by atoms with Crippen LogP contribution in [-0.2, 0) is 26.0 Å². The summed E-state index contributed by atoms with van der Waals surface area (Å²) >= 11 is 0. The second-order valence-electron chi connectivity index (χ2n) is 5.17. The summed E-state index contributed by atoms with van der Waals surface area (Å²) in [7, 11) is 0. The van der Waals surface area contributed by atoms with E-state index in [1.165, 1.54) is 11.1 Å². The lowest BCUT2D eigenvalue weighted by molar-refractivity contribution is 0.295. The van der Waals surface area contributed by atoms with Crippen LogP contribution < -0.4 is 10.5 Å². The minimum atomic E-state index is 0.392. The Bertz CT molecular complexity index is 608. The van der Waals surface area contributed by atoms with Crippen molar-refractivity contribution in [3.63, 3.8) is 0 Å². The molecule has 0 atom stereocenters. The van der Waals surface area contributed by atoms with Gasteiger partial charge in [0.1, 0.15) is 12.4 Å². The first-order valence-corrected chi connectivity index (χ1v) is 7.03. The molecule has 1 aromatic heterocycles. The molecule has 0 saturated carbocycles. The number of hydrogen-bond acceptors (Lipinski definition) is 4. The molecule has 4 nitrogen and oxygen atoms in total. The summed E-state index contributed by atoms with van der Waals surface area (Å²) in [5.41, 5.74) is 10.4. The number of nitrogens with two attached hydrogens (primary N) is 1. The van der Waals surface area contributed by atoms with E-state index in [4.69, 9.17) is 10.5 Å². The van der Waals surface area contributed by atoms with Crippen LogP contribution >= 0.6 is 0 Å². The van der Waals surface area contributed by atoms with Gasteiger partial charge in [0.25, 0.3) is 0 Å². The van der Waals surface area contributed by atoms with Crippen molar-refractivity contribution in [3.8, 4) is 5.75 Å². The van der Waals surface area contributed by atoms with Crippen molar-refractivity contribution in [3.05, 3.63) is 52.6 Å². The van der Waals surface area contributed by atoms with E-state index in [1.807, 2.05) is 24.3 Å². The Morgan fingerprint density at radius 2 is 1.95 bits per heavy atom. The van der Waals surface area contributed by atoms with E-state index in [2.05, 4.69) is 16.9 Å². The number of aromatic nitrogens is 2. The molecule has 3 rings (SSSR count). The van der Waals surface area contributed by atoms with Gasteiger partial charge in [-0.05, 0) is 43.9 Å². The lowest BCUT2D eigenvalue weighted by Gasteiger charge is -2.10. The monoisotopic (exact) mass is 269 g/mol. The van der Waals surface area contributed by atoms with Crippen LogP contribution in [0.4, 0.5) is 0 Å². The topological polar surface area (TPSA) is 61.0 Å². The molecule has 20 heavy (non-hydrogen) atoms. The number of aryl methyl sites for hydroxylation is 2. The van der Waals surface area contributed by atoms with Crippen LogP contribution in [0.3, 0.4) is 0 Å². The van der Waals surface area contributed by atoms with Gasteiger partial charge < -0.3 is 10.5 Å². The fraction of sp³-hybridized carbons (Fsp3) is 0.375. The summed E-state index contributed by atoms with van der Waals surface area (Å²) in [5.74, 6) is 1.57. The fourth-order valence-corrected chi connectivity index (χ4v) is 2.58. The van der Waals surface area contributed by atoms with Gasteiger partial charge in [-0.3, -0.25) is 0 Å². The average Bonchev–Trinajstić information content (AvgIpc) is 2.94. The number of ether oxygens (including phenoxy) is 1. The number of fused-ring (bicyclic) bond motifs is 1. The first-order chi connectivity index (χ1) is 9.76. The summed E-state index contributed by atoms with van der Waals surface area (Å²) in [4.78, 5) is 9.14. The van der Waals surface area contributed by atoms with Crippen molar-refractivity contribution in [2.24, 2.45) is 5.73 Å². The van der Waals surface area contributed by atoms with E-state index in [-0.39, 0.29) is 0 Å². The first kappa shape index (κ1) is 13.1. The summed E-state index contributed by atoms with van der Waals surface area (Å²) in [6.07, 6.45) is 3.24. The number of nitrogens with zero attached hydrogens (tertiary/aromatic N) is 2. The Labute approximate surface area is 119 Å². The third kappa shape index (κ3) is 2.65. The second kappa shape index (κ2) is 5.59. The maximum Gasteiger partial charge on any atom is 0.166 e. The Hall–Kier alpha value is -1.94. The van der Waals surface area contributed by atoms with Gasteiger partial charge >= 0.3 is 0 Å². The molecule has 1 aromatic carbocycles. The van der Waals surface area contributed by atoms with E-state index in [0.29, 0.717) is 13.2 Å². The third-order valence-corrected chi connectivity index (χ3v) is 3.65. The molecule has 1 aliphatic carbocycles. The van der Waals surface area contributed by atoms with Gasteiger partial charge in [-0.2, -0.15) is 0 Å². The van der Waals surface area contributed by atoms with Gasteiger partial charge in [0.2, 0.25) is 0 Å². The molecule has 1 aliphatic rings. The van der Waals surface area contributed by atoms with Crippen LogP contribution in [-0.4, -0.2) is 9.97 Å². The van der Waals surface area contributed by atoms with Gasteiger partial charge in [-0.15, -0.1) is 0 Å². The summed E-state index contributed by atoms with van der Waals surface area (Å²) < 4.78 is 5.74. The zero-order valence-corrected chi connectivity index (χ0v) is 11.7. The van der Waals surface area contributed by atoms with Crippen molar-refractivity contribution < 1.29 is 4.74 Å². The van der Waals surface area contributed by atoms with Crippen LogP contribution in [0.2, 0.25) is 0 Å². The molecule has 0 radical (unpaired) electrons. The highest BCUT2D eigenvalue weighted by Gasteiger charge is 2.18. The number of hydrogen-bond donors (Lipinski definition) is 1. The highest BCUT2D eigenvalue weighted by molar-refractivity contribution is 5.30. The van der Waals surface area contributed by atoms with Crippen molar-refractivity contribution in [2.75, 3.05) is 0 Å². The molecule has 2 N–H and O–H groups in total. The maximum absolute atomic E-state index is 5.78. The molecule has 0 amide bonds. The Morgan fingerprint density at radius 1 is 1.15 bits per heavy atom. The third-order valence-electron chi connectivity index (χ3n) is 3.65. The SMILES string of the molecule is Cc1ccc(OCc2nc(CN)c3c(n2)CCC3)cc1. The average molecular weight is 269 g/mol. The molecule has 0 bridgehead atoms. The van der Waals surface area contributed by atoms with Crippen LogP contribution in [0.1, 0.15) is 34.8 Å². The molecule has 0 unspecified atom stereocenters. The van der Waals surface area contributed by atoms with Crippen LogP contribution in [0.25, 0.3) is 0 Å². The van der Waals surface area contributed by atoms with Gasteiger partial charge in [0.05, 0.1) is 5.69 Å². The van der Waals surface area contributed by atoms with Crippen molar-refractivity contribution in [2.45, 2.75) is 39.3 Å². The smallest absolute Gasteiger partial charge is 0.166 e. The van der Waals surface area contributed by atoms with Crippen LogP contribution in [0.15, 0.2) is 24.3 Å². The van der Waals surface area contributed by atoms with Gasteiger partial charge in [-0.1, -0.05) is 17.7 Å². The molecular weight excluding hydrogens is 250 g/mol. The molecule has 2 aromatic rings. The zero-order chi connectivity index (χ0) is 13.9. The highest BCUT2D eigenvalue weighted by atomic mass is 16.5. The fourth-order valence-electron chi connectivity index (χ4n) is 2.58.